The van der Waals surface area contributed by atoms with Crippen molar-refractivity contribution in [1.82, 2.24) is 20.1 Å². The van der Waals surface area contributed by atoms with E-state index in [4.69, 9.17) is 28.2 Å². The molecule has 0 unspecified atom stereocenters. The standard InChI is InChI=1S/C24H25ClN4O3S/c1-28(2)12-5-13-29-22(21(27-24(29)33)18-6-3-4-11-26-18)20-10-9-19(32-20)16-14-15(23(30)31)7-8-17(16)25/h3-4,6-11,14,21-22H,5,12-13H2,1-2H3,(H,27,33)(H,30,31)/t21-,22-/m1/s1. The lowest BCUT2D eigenvalue weighted by molar-refractivity contribution is 0.0697. The van der Waals surface area contributed by atoms with Gasteiger partial charge in [0.05, 0.1) is 22.3 Å². The average molecular weight is 485 g/mol. The van der Waals surface area contributed by atoms with Gasteiger partial charge in [-0.2, -0.15) is 0 Å². The maximum Gasteiger partial charge on any atom is 0.335 e. The highest BCUT2D eigenvalue weighted by molar-refractivity contribution is 7.80. The summed E-state index contributed by atoms with van der Waals surface area (Å²) in [5.41, 5.74) is 1.54. The normalized spacial score (nSPS) is 18.1. The van der Waals surface area contributed by atoms with Gasteiger partial charge in [0.15, 0.2) is 5.11 Å². The SMILES string of the molecule is CN(C)CCCN1C(=S)N[C@H](c2ccccn2)[C@H]1c1ccc(-c2cc(C(=O)O)ccc2Cl)o1. The van der Waals surface area contributed by atoms with Crippen molar-refractivity contribution in [2.75, 3.05) is 27.2 Å². The predicted octanol–water partition coefficient (Wildman–Crippen LogP) is 4.62. The average Bonchev–Trinajstić information content (AvgIpc) is 3.39. The van der Waals surface area contributed by atoms with Crippen LogP contribution in [0.3, 0.4) is 0 Å². The first-order valence-electron chi connectivity index (χ1n) is 10.6. The zero-order chi connectivity index (χ0) is 23.5. The van der Waals surface area contributed by atoms with Crippen LogP contribution in [-0.2, 0) is 0 Å². The quantitative estimate of drug-likeness (QED) is 0.448. The predicted molar refractivity (Wildman–Crippen MR) is 131 cm³/mol. The molecule has 0 aliphatic carbocycles. The molecule has 0 amide bonds. The number of halogens is 1. The summed E-state index contributed by atoms with van der Waals surface area (Å²) in [6, 6.07) is 13.7. The lowest BCUT2D eigenvalue weighted by atomic mass is 10.0. The molecule has 3 aromatic rings. The number of pyridine rings is 1. The number of aromatic carboxylic acids is 1. The van der Waals surface area contributed by atoms with Crippen LogP contribution in [0.2, 0.25) is 5.02 Å². The number of benzene rings is 1. The van der Waals surface area contributed by atoms with Gasteiger partial charge in [0.25, 0.3) is 0 Å². The molecular formula is C24H25ClN4O3S. The Labute approximate surface area is 203 Å². The van der Waals surface area contributed by atoms with E-state index in [1.165, 1.54) is 12.1 Å². The highest BCUT2D eigenvalue weighted by atomic mass is 35.5. The third kappa shape index (κ3) is 5.03. The molecular weight excluding hydrogens is 460 g/mol. The molecule has 0 radical (unpaired) electrons. The van der Waals surface area contributed by atoms with Crippen LogP contribution in [0.1, 0.15) is 40.3 Å². The van der Waals surface area contributed by atoms with Gasteiger partial charge in [0, 0.05) is 18.3 Å². The molecule has 1 saturated heterocycles. The number of hydrogen-bond donors (Lipinski definition) is 2. The van der Waals surface area contributed by atoms with Gasteiger partial charge in [-0.1, -0.05) is 17.7 Å². The molecule has 1 aromatic carbocycles. The van der Waals surface area contributed by atoms with Crippen molar-refractivity contribution in [2.45, 2.75) is 18.5 Å². The van der Waals surface area contributed by atoms with E-state index in [9.17, 15) is 9.90 Å². The third-order valence-electron chi connectivity index (χ3n) is 5.60. The van der Waals surface area contributed by atoms with Crippen molar-refractivity contribution >= 4 is 34.9 Å². The Hall–Kier alpha value is -2.94. The smallest absolute Gasteiger partial charge is 0.335 e. The maximum atomic E-state index is 11.4. The third-order valence-corrected chi connectivity index (χ3v) is 6.28. The summed E-state index contributed by atoms with van der Waals surface area (Å²) in [6.45, 7) is 1.68. The minimum absolute atomic E-state index is 0.146. The topological polar surface area (TPSA) is 81.8 Å². The second kappa shape index (κ2) is 9.91. The van der Waals surface area contributed by atoms with Crippen LogP contribution >= 0.6 is 23.8 Å². The number of thiocarbonyl (C=S) groups is 1. The molecule has 3 heterocycles. The van der Waals surface area contributed by atoms with E-state index in [1.807, 2.05) is 44.4 Å². The first-order chi connectivity index (χ1) is 15.8. The Morgan fingerprint density at radius 1 is 1.27 bits per heavy atom. The Balaban J connectivity index is 1.70. The number of carboxylic acid groups (broad SMARTS) is 1. The van der Waals surface area contributed by atoms with Crippen LogP contribution in [0.5, 0.6) is 0 Å². The molecule has 1 fully saturated rings. The van der Waals surface area contributed by atoms with E-state index in [1.54, 1.807) is 12.3 Å². The molecule has 9 heteroatoms. The first-order valence-corrected chi connectivity index (χ1v) is 11.4. The van der Waals surface area contributed by atoms with Crippen LogP contribution in [0.25, 0.3) is 11.3 Å². The molecule has 0 saturated carbocycles. The molecule has 1 aliphatic heterocycles. The second-order valence-corrected chi connectivity index (χ2v) is 8.97. The van der Waals surface area contributed by atoms with Crippen molar-refractivity contribution < 1.29 is 14.3 Å². The molecule has 4 rings (SSSR count). The van der Waals surface area contributed by atoms with Gasteiger partial charge in [-0.25, -0.2) is 4.79 Å². The minimum atomic E-state index is -1.02. The Bertz CT molecular complexity index is 1150. The van der Waals surface area contributed by atoms with Gasteiger partial charge in [0.2, 0.25) is 0 Å². The Kier molecular flexibility index (Phi) is 6.97. The largest absolute Gasteiger partial charge is 0.478 e. The highest BCUT2D eigenvalue weighted by Gasteiger charge is 2.41. The van der Waals surface area contributed by atoms with Gasteiger partial charge in [-0.15, -0.1) is 0 Å². The summed E-state index contributed by atoms with van der Waals surface area (Å²) >= 11 is 12.1. The summed E-state index contributed by atoms with van der Waals surface area (Å²) in [5.74, 6) is 0.186. The molecule has 2 aromatic heterocycles. The number of nitrogens with one attached hydrogen (secondary N) is 1. The zero-order valence-corrected chi connectivity index (χ0v) is 19.9. The van der Waals surface area contributed by atoms with Gasteiger partial charge in [-0.05, 0) is 81.7 Å². The van der Waals surface area contributed by atoms with Crippen molar-refractivity contribution in [2.24, 2.45) is 0 Å². The van der Waals surface area contributed by atoms with E-state index >= 15 is 0 Å². The van der Waals surface area contributed by atoms with Crippen molar-refractivity contribution in [3.63, 3.8) is 0 Å². The highest BCUT2D eigenvalue weighted by Crippen LogP contribution is 2.41. The lowest BCUT2D eigenvalue weighted by Crippen LogP contribution is -2.32. The Morgan fingerprint density at radius 3 is 2.79 bits per heavy atom. The fraction of sp³-hybridized carbons (Fsp3) is 0.292. The molecule has 172 valence electrons. The number of carbonyl (C=O) groups is 1. The van der Waals surface area contributed by atoms with Gasteiger partial charge >= 0.3 is 5.97 Å². The fourth-order valence-corrected chi connectivity index (χ4v) is 4.56. The monoisotopic (exact) mass is 484 g/mol. The first kappa shape index (κ1) is 23.2. The number of hydrogen-bond acceptors (Lipinski definition) is 5. The van der Waals surface area contributed by atoms with Crippen LogP contribution in [0.15, 0.2) is 59.1 Å². The molecule has 0 spiro atoms. The number of rotatable bonds is 8. The van der Waals surface area contributed by atoms with Gasteiger partial charge < -0.3 is 24.6 Å². The zero-order valence-electron chi connectivity index (χ0n) is 18.4. The number of furan rings is 1. The van der Waals surface area contributed by atoms with Crippen LogP contribution < -0.4 is 5.32 Å². The number of nitrogens with zero attached hydrogens (tertiary/aromatic N) is 3. The molecule has 2 N–H and O–H groups in total. The number of carboxylic acids is 1. The molecule has 1 aliphatic rings. The Morgan fingerprint density at radius 2 is 2.09 bits per heavy atom. The van der Waals surface area contributed by atoms with Crippen LogP contribution in [-0.4, -0.2) is 58.2 Å². The summed E-state index contributed by atoms with van der Waals surface area (Å²) < 4.78 is 6.27. The van der Waals surface area contributed by atoms with E-state index < -0.39 is 5.97 Å². The van der Waals surface area contributed by atoms with E-state index in [-0.39, 0.29) is 17.6 Å². The van der Waals surface area contributed by atoms with Crippen molar-refractivity contribution in [3.05, 3.63) is 76.8 Å². The summed E-state index contributed by atoms with van der Waals surface area (Å²) in [4.78, 5) is 20.2. The summed E-state index contributed by atoms with van der Waals surface area (Å²) in [7, 11) is 4.09. The second-order valence-electron chi connectivity index (χ2n) is 8.18. The maximum absolute atomic E-state index is 11.4. The van der Waals surface area contributed by atoms with Gasteiger partial charge in [0.1, 0.15) is 17.6 Å². The van der Waals surface area contributed by atoms with Crippen LogP contribution in [0, 0.1) is 0 Å². The fourth-order valence-electron chi connectivity index (χ4n) is 4.02. The van der Waals surface area contributed by atoms with Crippen LogP contribution in [0.4, 0.5) is 0 Å². The lowest BCUT2D eigenvalue weighted by Gasteiger charge is -2.26. The molecule has 33 heavy (non-hydrogen) atoms. The molecule has 0 bridgehead atoms. The molecule has 2 atom stereocenters. The van der Waals surface area contributed by atoms with E-state index in [2.05, 4.69) is 20.1 Å². The number of aromatic nitrogens is 1. The van der Waals surface area contributed by atoms with E-state index in [0.29, 0.717) is 27.2 Å². The summed E-state index contributed by atoms with van der Waals surface area (Å²) in [5, 5.41) is 13.8. The molecule has 7 nitrogen and oxygen atoms in total. The van der Waals surface area contributed by atoms with Crippen molar-refractivity contribution in [3.8, 4) is 11.3 Å². The van der Waals surface area contributed by atoms with Gasteiger partial charge in [-0.3, -0.25) is 4.98 Å². The van der Waals surface area contributed by atoms with E-state index in [0.717, 1.165) is 25.2 Å². The minimum Gasteiger partial charge on any atom is -0.478 e. The van der Waals surface area contributed by atoms with Crippen molar-refractivity contribution in [1.29, 1.82) is 0 Å². The summed E-state index contributed by atoms with van der Waals surface area (Å²) in [6.07, 6.45) is 2.69.